The Balaban J connectivity index is 2.23. The lowest BCUT2D eigenvalue weighted by molar-refractivity contribution is 0.600. The van der Waals surface area contributed by atoms with Gasteiger partial charge < -0.3 is 5.32 Å². The Morgan fingerprint density at radius 2 is 2.00 bits per heavy atom. The van der Waals surface area contributed by atoms with Gasteiger partial charge in [0.25, 0.3) is 0 Å². The molecule has 1 unspecified atom stereocenters. The number of hydrogen-bond acceptors (Lipinski definition) is 3. The van der Waals surface area contributed by atoms with Gasteiger partial charge in [-0.05, 0) is 39.0 Å². The molecule has 2 nitrogen and oxygen atoms in total. The maximum Gasteiger partial charge on any atom is 0.146 e. The van der Waals surface area contributed by atoms with Gasteiger partial charge in [0.2, 0.25) is 0 Å². The van der Waals surface area contributed by atoms with Crippen LogP contribution in [-0.4, -0.2) is 4.98 Å². The molecule has 2 aromatic rings. The number of nitrogens with one attached hydrogen (secondary N) is 1. The monoisotopic (exact) mass is 268 g/mol. The highest BCUT2D eigenvalue weighted by atomic mass is 32.1. The van der Waals surface area contributed by atoms with E-state index in [1.165, 1.54) is 0 Å². The van der Waals surface area contributed by atoms with E-state index < -0.39 is 11.6 Å². The third-order valence-electron chi connectivity index (χ3n) is 2.65. The molecule has 0 aliphatic carbocycles. The number of nitrogens with zero attached hydrogens (tertiary/aromatic N) is 1. The van der Waals surface area contributed by atoms with Crippen molar-refractivity contribution in [1.82, 2.24) is 4.98 Å². The lowest BCUT2D eigenvalue weighted by Crippen LogP contribution is -2.09. The topological polar surface area (TPSA) is 24.9 Å². The number of rotatable bonds is 3. The predicted molar refractivity (Wildman–Crippen MR) is 70.0 cm³/mol. The molecule has 0 aliphatic heterocycles. The lowest BCUT2D eigenvalue weighted by atomic mass is 10.2. The van der Waals surface area contributed by atoms with E-state index in [1.807, 2.05) is 20.8 Å². The van der Waals surface area contributed by atoms with E-state index in [0.717, 1.165) is 33.8 Å². The molecule has 0 saturated heterocycles. The van der Waals surface area contributed by atoms with Gasteiger partial charge in [-0.1, -0.05) is 0 Å². The summed E-state index contributed by atoms with van der Waals surface area (Å²) in [5.41, 5.74) is 1.04. The van der Waals surface area contributed by atoms with Crippen molar-refractivity contribution in [2.24, 2.45) is 0 Å². The number of benzene rings is 1. The summed E-state index contributed by atoms with van der Waals surface area (Å²) in [4.78, 5) is 5.49. The third-order valence-corrected chi connectivity index (χ3v) is 3.55. The SMILES string of the molecule is Cc1nc(C(C)Nc2cc(F)ccc2F)c(C)s1. The van der Waals surface area contributed by atoms with E-state index in [4.69, 9.17) is 0 Å². The van der Waals surface area contributed by atoms with Gasteiger partial charge in [-0.25, -0.2) is 13.8 Å². The first-order valence-corrected chi connectivity index (χ1v) is 6.44. The molecular weight excluding hydrogens is 254 g/mol. The normalized spacial score (nSPS) is 12.5. The Morgan fingerprint density at radius 1 is 1.28 bits per heavy atom. The Hall–Kier alpha value is -1.49. The second-order valence-electron chi connectivity index (χ2n) is 4.16. The van der Waals surface area contributed by atoms with Crippen LogP contribution in [0.25, 0.3) is 0 Å². The maximum atomic E-state index is 13.5. The molecule has 1 atom stereocenters. The maximum absolute atomic E-state index is 13.5. The van der Waals surface area contributed by atoms with Crippen molar-refractivity contribution in [1.29, 1.82) is 0 Å². The largest absolute Gasteiger partial charge is 0.374 e. The van der Waals surface area contributed by atoms with Crippen LogP contribution < -0.4 is 5.32 Å². The van der Waals surface area contributed by atoms with Crippen molar-refractivity contribution < 1.29 is 8.78 Å². The van der Waals surface area contributed by atoms with Crippen LogP contribution in [0, 0.1) is 25.5 Å². The molecule has 0 spiro atoms. The lowest BCUT2D eigenvalue weighted by Gasteiger charge is -2.14. The van der Waals surface area contributed by atoms with Crippen LogP contribution in [0.4, 0.5) is 14.5 Å². The van der Waals surface area contributed by atoms with Crippen LogP contribution in [0.5, 0.6) is 0 Å². The first kappa shape index (κ1) is 13.0. The van der Waals surface area contributed by atoms with Gasteiger partial charge >= 0.3 is 0 Å². The first-order chi connectivity index (χ1) is 8.47. The van der Waals surface area contributed by atoms with E-state index >= 15 is 0 Å². The average Bonchev–Trinajstić information content (AvgIpc) is 2.63. The summed E-state index contributed by atoms with van der Waals surface area (Å²) in [6, 6.07) is 3.21. The smallest absolute Gasteiger partial charge is 0.146 e. The van der Waals surface area contributed by atoms with Crippen LogP contribution in [0.2, 0.25) is 0 Å². The molecule has 0 saturated carbocycles. The summed E-state index contributed by atoms with van der Waals surface area (Å²) in [7, 11) is 0. The molecule has 5 heteroatoms. The predicted octanol–water partition coefficient (Wildman–Crippen LogP) is 4.21. The highest BCUT2D eigenvalue weighted by Crippen LogP contribution is 2.26. The summed E-state index contributed by atoms with van der Waals surface area (Å²) in [6.07, 6.45) is 0. The second kappa shape index (κ2) is 5.02. The zero-order chi connectivity index (χ0) is 13.3. The van der Waals surface area contributed by atoms with Gasteiger partial charge in [0, 0.05) is 4.88 Å². The fourth-order valence-corrected chi connectivity index (χ4v) is 2.77. The molecule has 0 aliphatic rings. The zero-order valence-electron chi connectivity index (χ0n) is 10.4. The molecule has 1 aromatic heterocycles. The van der Waals surface area contributed by atoms with Crippen molar-refractivity contribution in [3.8, 4) is 0 Å². The van der Waals surface area contributed by atoms with E-state index in [2.05, 4.69) is 10.3 Å². The molecule has 0 fully saturated rings. The fraction of sp³-hybridized carbons (Fsp3) is 0.308. The molecule has 0 radical (unpaired) electrons. The number of anilines is 1. The van der Waals surface area contributed by atoms with Crippen molar-refractivity contribution in [2.45, 2.75) is 26.8 Å². The average molecular weight is 268 g/mol. The number of aryl methyl sites for hydroxylation is 2. The first-order valence-electron chi connectivity index (χ1n) is 5.63. The fourth-order valence-electron chi connectivity index (χ4n) is 1.86. The number of halogens is 2. The van der Waals surface area contributed by atoms with E-state index in [0.29, 0.717) is 0 Å². The number of aromatic nitrogens is 1. The minimum absolute atomic E-state index is 0.160. The molecule has 2 rings (SSSR count). The van der Waals surface area contributed by atoms with Crippen molar-refractivity contribution in [3.05, 3.63) is 45.4 Å². The molecule has 1 N–H and O–H groups in total. The second-order valence-corrected chi connectivity index (χ2v) is 5.57. The van der Waals surface area contributed by atoms with Gasteiger partial charge in [-0.3, -0.25) is 0 Å². The Labute approximate surface area is 109 Å². The summed E-state index contributed by atoms with van der Waals surface area (Å²) < 4.78 is 26.6. The standard InChI is InChI=1S/C13H14F2N2S/c1-7(13-8(2)18-9(3)17-13)16-12-6-10(14)4-5-11(12)15/h4-7,16H,1-3H3. The van der Waals surface area contributed by atoms with Crippen molar-refractivity contribution >= 4 is 17.0 Å². The van der Waals surface area contributed by atoms with Gasteiger partial charge in [0.15, 0.2) is 0 Å². The molecule has 1 heterocycles. The number of thiazole rings is 1. The molecule has 96 valence electrons. The van der Waals surface area contributed by atoms with E-state index in [1.54, 1.807) is 11.3 Å². The number of hydrogen-bond donors (Lipinski definition) is 1. The minimum Gasteiger partial charge on any atom is -0.374 e. The van der Waals surface area contributed by atoms with E-state index in [-0.39, 0.29) is 11.7 Å². The van der Waals surface area contributed by atoms with Gasteiger partial charge in [0.05, 0.1) is 22.4 Å². The van der Waals surface area contributed by atoms with Crippen LogP contribution in [0.15, 0.2) is 18.2 Å². The van der Waals surface area contributed by atoms with Crippen LogP contribution in [0.1, 0.15) is 28.5 Å². The van der Waals surface area contributed by atoms with Gasteiger partial charge in [-0.15, -0.1) is 11.3 Å². The zero-order valence-corrected chi connectivity index (χ0v) is 11.2. The Morgan fingerprint density at radius 3 is 2.61 bits per heavy atom. The molecular formula is C13H14F2N2S. The van der Waals surface area contributed by atoms with Crippen LogP contribution in [0.3, 0.4) is 0 Å². The Kier molecular flexibility index (Phi) is 3.61. The minimum atomic E-state index is -0.465. The molecule has 0 amide bonds. The molecule has 18 heavy (non-hydrogen) atoms. The summed E-state index contributed by atoms with van der Waals surface area (Å²) in [5.74, 6) is -0.926. The van der Waals surface area contributed by atoms with E-state index in [9.17, 15) is 8.78 Å². The summed E-state index contributed by atoms with van der Waals surface area (Å²) >= 11 is 1.60. The molecule has 1 aromatic carbocycles. The quantitative estimate of drug-likeness (QED) is 0.902. The highest BCUT2D eigenvalue weighted by Gasteiger charge is 2.14. The van der Waals surface area contributed by atoms with Crippen LogP contribution in [-0.2, 0) is 0 Å². The summed E-state index contributed by atoms with van der Waals surface area (Å²) in [5, 5.41) is 3.92. The van der Waals surface area contributed by atoms with Gasteiger partial charge in [-0.2, -0.15) is 0 Å². The van der Waals surface area contributed by atoms with Crippen molar-refractivity contribution in [2.75, 3.05) is 5.32 Å². The Bertz CT molecular complexity index is 566. The van der Waals surface area contributed by atoms with Crippen molar-refractivity contribution in [3.63, 3.8) is 0 Å². The summed E-state index contributed by atoms with van der Waals surface area (Å²) in [6.45, 7) is 5.78. The van der Waals surface area contributed by atoms with Gasteiger partial charge in [0.1, 0.15) is 11.6 Å². The molecule has 0 bridgehead atoms. The highest BCUT2D eigenvalue weighted by molar-refractivity contribution is 7.11. The van der Waals surface area contributed by atoms with Crippen LogP contribution >= 0.6 is 11.3 Å². The third kappa shape index (κ3) is 2.67.